The van der Waals surface area contributed by atoms with Crippen molar-refractivity contribution in [2.45, 2.75) is 38.1 Å². The lowest BCUT2D eigenvalue weighted by Gasteiger charge is -2.24. The van der Waals surface area contributed by atoms with Crippen molar-refractivity contribution < 1.29 is 14.6 Å². The number of carboxylic acid groups (broad SMARTS) is 1. The van der Waals surface area contributed by atoms with Gasteiger partial charge in [-0.2, -0.15) is 0 Å². The average Bonchev–Trinajstić information content (AvgIpc) is 2.63. The molecule has 0 aromatic heterocycles. The van der Waals surface area contributed by atoms with Gasteiger partial charge in [-0.25, -0.2) is 0 Å². The molecular formula is C12H21NO3. The molecule has 0 saturated carbocycles. The fourth-order valence-electron chi connectivity index (χ4n) is 2.89. The van der Waals surface area contributed by atoms with Crippen LogP contribution in [-0.2, 0) is 9.53 Å². The molecule has 0 aliphatic carbocycles. The summed E-state index contributed by atoms with van der Waals surface area (Å²) in [5, 5.41) is 12.2. The van der Waals surface area contributed by atoms with Crippen LogP contribution in [0, 0.1) is 11.8 Å². The molecule has 0 bridgehead atoms. The van der Waals surface area contributed by atoms with Crippen LogP contribution < -0.4 is 5.32 Å². The Balaban J connectivity index is 1.82. The highest BCUT2D eigenvalue weighted by Gasteiger charge is 2.41. The van der Waals surface area contributed by atoms with Crippen molar-refractivity contribution in [3.63, 3.8) is 0 Å². The largest absolute Gasteiger partial charge is 0.480 e. The normalized spacial score (nSPS) is 39.8. The molecule has 0 aromatic rings. The van der Waals surface area contributed by atoms with E-state index in [9.17, 15) is 4.79 Å². The Bertz CT molecular complexity index is 263. The molecule has 2 rings (SSSR count). The predicted octanol–water partition coefficient (Wildman–Crippen LogP) is 1.26. The number of aliphatic carboxylic acids is 1. The maximum atomic E-state index is 11.1. The fourth-order valence-corrected chi connectivity index (χ4v) is 2.89. The molecule has 2 heterocycles. The summed E-state index contributed by atoms with van der Waals surface area (Å²) in [6.07, 6.45) is 4.25. The van der Waals surface area contributed by atoms with E-state index >= 15 is 0 Å². The maximum Gasteiger partial charge on any atom is 0.323 e. The number of ether oxygens (including phenoxy) is 1. The van der Waals surface area contributed by atoms with Gasteiger partial charge >= 0.3 is 5.97 Å². The minimum absolute atomic E-state index is 0.493. The molecule has 2 fully saturated rings. The van der Waals surface area contributed by atoms with Crippen LogP contribution in [0.25, 0.3) is 0 Å². The number of hydrogen-bond donors (Lipinski definition) is 2. The van der Waals surface area contributed by atoms with E-state index in [4.69, 9.17) is 9.84 Å². The van der Waals surface area contributed by atoms with Crippen LogP contribution in [0.4, 0.5) is 0 Å². The molecule has 0 radical (unpaired) electrons. The van der Waals surface area contributed by atoms with Crippen LogP contribution in [0.2, 0.25) is 0 Å². The zero-order valence-electron chi connectivity index (χ0n) is 9.87. The number of carbonyl (C=O) groups is 1. The van der Waals surface area contributed by atoms with Crippen LogP contribution >= 0.6 is 0 Å². The van der Waals surface area contributed by atoms with E-state index < -0.39 is 11.5 Å². The van der Waals surface area contributed by atoms with Crippen molar-refractivity contribution in [2.24, 2.45) is 11.8 Å². The highest BCUT2D eigenvalue weighted by molar-refractivity contribution is 5.78. The number of nitrogens with one attached hydrogen (secondary N) is 1. The summed E-state index contributed by atoms with van der Waals surface area (Å²) in [6, 6.07) is 0. The topological polar surface area (TPSA) is 58.6 Å². The SMILES string of the molecule is CC1(C(=O)O)CC(CC2CCCOC2)CN1. The first-order valence-corrected chi connectivity index (χ1v) is 6.16. The average molecular weight is 227 g/mol. The Morgan fingerprint density at radius 1 is 1.56 bits per heavy atom. The summed E-state index contributed by atoms with van der Waals surface area (Å²) in [6.45, 7) is 4.37. The summed E-state index contributed by atoms with van der Waals surface area (Å²) in [7, 11) is 0. The van der Waals surface area contributed by atoms with Gasteiger partial charge in [-0.1, -0.05) is 0 Å². The van der Waals surface area contributed by atoms with E-state index in [2.05, 4.69) is 5.32 Å². The molecule has 2 aliphatic rings. The van der Waals surface area contributed by atoms with Crippen molar-refractivity contribution >= 4 is 5.97 Å². The molecule has 4 nitrogen and oxygen atoms in total. The fraction of sp³-hybridized carbons (Fsp3) is 0.917. The van der Waals surface area contributed by atoms with Crippen LogP contribution in [0.3, 0.4) is 0 Å². The lowest BCUT2D eigenvalue weighted by atomic mass is 9.86. The van der Waals surface area contributed by atoms with Gasteiger partial charge in [-0.15, -0.1) is 0 Å². The van der Waals surface area contributed by atoms with E-state index in [1.807, 2.05) is 0 Å². The van der Waals surface area contributed by atoms with Gasteiger partial charge in [-0.05, 0) is 51.0 Å². The monoisotopic (exact) mass is 227 g/mol. The number of carboxylic acids is 1. The van der Waals surface area contributed by atoms with Gasteiger partial charge in [0.2, 0.25) is 0 Å². The minimum Gasteiger partial charge on any atom is -0.480 e. The van der Waals surface area contributed by atoms with Gasteiger partial charge in [-0.3, -0.25) is 4.79 Å². The van der Waals surface area contributed by atoms with Gasteiger partial charge in [0, 0.05) is 13.2 Å². The molecule has 3 unspecified atom stereocenters. The van der Waals surface area contributed by atoms with E-state index in [1.165, 1.54) is 6.42 Å². The summed E-state index contributed by atoms with van der Waals surface area (Å²) >= 11 is 0. The molecule has 0 aromatic carbocycles. The molecular weight excluding hydrogens is 206 g/mol. The van der Waals surface area contributed by atoms with Gasteiger partial charge in [0.05, 0.1) is 0 Å². The van der Waals surface area contributed by atoms with Crippen LogP contribution in [-0.4, -0.2) is 36.4 Å². The molecule has 2 N–H and O–H groups in total. The first-order valence-electron chi connectivity index (χ1n) is 6.16. The number of rotatable bonds is 3. The molecule has 92 valence electrons. The maximum absolute atomic E-state index is 11.1. The van der Waals surface area contributed by atoms with Gasteiger partial charge in [0.15, 0.2) is 0 Å². The second-order valence-corrected chi connectivity index (χ2v) is 5.41. The first kappa shape index (κ1) is 11.9. The minimum atomic E-state index is -0.727. The summed E-state index contributed by atoms with van der Waals surface area (Å²) in [5.41, 5.74) is -0.708. The van der Waals surface area contributed by atoms with Gasteiger partial charge in [0.25, 0.3) is 0 Å². The molecule has 2 aliphatic heterocycles. The third-order valence-electron chi connectivity index (χ3n) is 3.87. The van der Waals surface area contributed by atoms with Gasteiger partial charge < -0.3 is 15.2 Å². The van der Waals surface area contributed by atoms with Crippen molar-refractivity contribution in [1.82, 2.24) is 5.32 Å². The zero-order valence-corrected chi connectivity index (χ0v) is 9.87. The molecule has 16 heavy (non-hydrogen) atoms. The Labute approximate surface area is 96.4 Å². The highest BCUT2D eigenvalue weighted by atomic mass is 16.5. The molecule has 4 heteroatoms. The smallest absolute Gasteiger partial charge is 0.323 e. The van der Waals surface area contributed by atoms with Crippen molar-refractivity contribution in [3.8, 4) is 0 Å². The number of hydrogen-bond acceptors (Lipinski definition) is 3. The van der Waals surface area contributed by atoms with Crippen molar-refractivity contribution in [1.29, 1.82) is 0 Å². The van der Waals surface area contributed by atoms with Crippen LogP contribution in [0.5, 0.6) is 0 Å². The lowest BCUT2D eigenvalue weighted by Crippen LogP contribution is -2.44. The summed E-state index contributed by atoms with van der Waals surface area (Å²) in [4.78, 5) is 11.1. The van der Waals surface area contributed by atoms with E-state index in [0.717, 1.165) is 39.0 Å². The molecule has 0 amide bonds. The second kappa shape index (κ2) is 4.72. The van der Waals surface area contributed by atoms with Crippen LogP contribution in [0.1, 0.15) is 32.6 Å². The molecule has 0 spiro atoms. The first-order chi connectivity index (χ1) is 7.60. The Morgan fingerprint density at radius 3 is 2.94 bits per heavy atom. The third kappa shape index (κ3) is 2.55. The van der Waals surface area contributed by atoms with E-state index in [0.29, 0.717) is 11.8 Å². The quantitative estimate of drug-likeness (QED) is 0.762. The summed E-state index contributed by atoms with van der Waals surface area (Å²) < 4.78 is 5.46. The van der Waals surface area contributed by atoms with E-state index in [1.54, 1.807) is 6.92 Å². The Kier molecular flexibility index (Phi) is 3.50. The molecule has 2 saturated heterocycles. The Hall–Kier alpha value is -0.610. The highest BCUT2D eigenvalue weighted by Crippen LogP contribution is 2.31. The van der Waals surface area contributed by atoms with Crippen molar-refractivity contribution in [2.75, 3.05) is 19.8 Å². The predicted molar refractivity (Wildman–Crippen MR) is 60.3 cm³/mol. The lowest BCUT2D eigenvalue weighted by molar-refractivity contribution is -0.143. The third-order valence-corrected chi connectivity index (χ3v) is 3.87. The van der Waals surface area contributed by atoms with Gasteiger partial charge in [0.1, 0.15) is 5.54 Å². The molecule has 3 atom stereocenters. The van der Waals surface area contributed by atoms with Crippen molar-refractivity contribution in [3.05, 3.63) is 0 Å². The standard InChI is InChI=1S/C12H21NO3/c1-12(11(14)15)6-10(7-13-12)5-9-3-2-4-16-8-9/h9-10,13H,2-8H2,1H3,(H,14,15). The van der Waals surface area contributed by atoms with E-state index in [-0.39, 0.29) is 0 Å². The van der Waals surface area contributed by atoms with Crippen LogP contribution in [0.15, 0.2) is 0 Å². The Morgan fingerprint density at radius 2 is 2.38 bits per heavy atom. The second-order valence-electron chi connectivity index (χ2n) is 5.41. The zero-order chi connectivity index (χ0) is 11.6. The summed E-state index contributed by atoms with van der Waals surface area (Å²) in [5.74, 6) is 0.402.